The van der Waals surface area contributed by atoms with Gasteiger partial charge in [0.05, 0.1) is 19.1 Å². The number of amides is 1. The number of hydrogen-bond donors (Lipinski definition) is 1. The summed E-state index contributed by atoms with van der Waals surface area (Å²) in [6.07, 6.45) is 4.03. The Morgan fingerprint density at radius 1 is 1.21 bits per heavy atom. The molecule has 0 saturated carbocycles. The molecule has 3 rings (SSSR count). The second-order valence-corrected chi connectivity index (χ2v) is 6.86. The van der Waals surface area contributed by atoms with Crippen LogP contribution in [-0.2, 0) is 28.8 Å². The zero-order chi connectivity index (χ0) is 17.1. The van der Waals surface area contributed by atoms with E-state index in [1.807, 2.05) is 0 Å². The minimum Gasteiger partial charge on any atom is -0.465 e. The number of methoxy groups -OCH3 is 1. The molecule has 1 N–H and O–H groups in total. The van der Waals surface area contributed by atoms with E-state index < -0.39 is 5.97 Å². The first-order chi connectivity index (χ1) is 11.6. The highest BCUT2D eigenvalue weighted by Crippen LogP contribution is 2.38. The summed E-state index contributed by atoms with van der Waals surface area (Å²) in [6, 6.07) is 5.81. The number of nitrogens with one attached hydrogen (secondary N) is 1. The lowest BCUT2D eigenvalue weighted by Gasteiger charge is -2.11. The number of rotatable bonds is 4. The predicted octanol–water partition coefficient (Wildman–Crippen LogP) is 3.73. The van der Waals surface area contributed by atoms with Crippen molar-refractivity contribution in [1.29, 1.82) is 0 Å². The van der Waals surface area contributed by atoms with Gasteiger partial charge in [-0.2, -0.15) is 0 Å². The van der Waals surface area contributed by atoms with E-state index in [9.17, 15) is 14.0 Å². The average molecular weight is 347 g/mol. The largest absolute Gasteiger partial charge is 0.465 e. The molecule has 1 aliphatic carbocycles. The fraction of sp³-hybridized carbons (Fsp3) is 0.333. The molecule has 24 heavy (non-hydrogen) atoms. The predicted molar refractivity (Wildman–Crippen MR) is 91.0 cm³/mol. The van der Waals surface area contributed by atoms with Crippen LogP contribution in [0.3, 0.4) is 0 Å². The zero-order valence-corrected chi connectivity index (χ0v) is 14.2. The van der Waals surface area contributed by atoms with Crippen molar-refractivity contribution >= 4 is 28.2 Å². The van der Waals surface area contributed by atoms with Crippen molar-refractivity contribution in [3.05, 3.63) is 51.7 Å². The summed E-state index contributed by atoms with van der Waals surface area (Å²) in [6.45, 7) is 0. The highest BCUT2D eigenvalue weighted by Gasteiger charge is 2.26. The molecule has 0 atom stereocenters. The van der Waals surface area contributed by atoms with Crippen LogP contribution in [0.5, 0.6) is 0 Å². The number of hydrogen-bond acceptors (Lipinski definition) is 4. The number of carbonyl (C=O) groups excluding carboxylic acids is 2. The van der Waals surface area contributed by atoms with Crippen LogP contribution in [0.1, 0.15) is 39.2 Å². The van der Waals surface area contributed by atoms with E-state index in [2.05, 4.69) is 5.32 Å². The van der Waals surface area contributed by atoms with E-state index >= 15 is 0 Å². The van der Waals surface area contributed by atoms with Crippen LogP contribution in [0, 0.1) is 5.82 Å². The third kappa shape index (κ3) is 3.48. The Labute approximate surface area is 143 Å². The Morgan fingerprint density at radius 3 is 2.62 bits per heavy atom. The van der Waals surface area contributed by atoms with Gasteiger partial charge in [0.2, 0.25) is 5.91 Å². The van der Waals surface area contributed by atoms with Gasteiger partial charge in [0.15, 0.2) is 0 Å². The molecule has 126 valence electrons. The number of anilines is 1. The number of ether oxygens (including phenoxy) is 1. The number of fused-ring (bicyclic) bond motifs is 1. The first-order valence-electron chi connectivity index (χ1n) is 7.85. The maximum atomic E-state index is 12.9. The minimum atomic E-state index is -0.411. The Bertz CT molecular complexity index is 767. The monoisotopic (exact) mass is 347 g/mol. The molecular formula is C18H18FNO3S. The number of halogens is 1. The van der Waals surface area contributed by atoms with Crippen molar-refractivity contribution in [3.8, 4) is 0 Å². The lowest BCUT2D eigenvalue weighted by molar-refractivity contribution is -0.115. The van der Waals surface area contributed by atoms with E-state index in [-0.39, 0.29) is 18.1 Å². The molecule has 4 nitrogen and oxygen atoms in total. The fourth-order valence-corrected chi connectivity index (χ4v) is 4.22. The first-order valence-corrected chi connectivity index (χ1v) is 8.67. The van der Waals surface area contributed by atoms with Gasteiger partial charge in [0, 0.05) is 4.88 Å². The lowest BCUT2D eigenvalue weighted by Crippen LogP contribution is -2.16. The van der Waals surface area contributed by atoms with Gasteiger partial charge >= 0.3 is 5.97 Å². The van der Waals surface area contributed by atoms with Gasteiger partial charge in [-0.15, -0.1) is 11.3 Å². The van der Waals surface area contributed by atoms with E-state index in [4.69, 9.17) is 4.74 Å². The summed E-state index contributed by atoms with van der Waals surface area (Å²) in [4.78, 5) is 25.6. The van der Waals surface area contributed by atoms with Crippen LogP contribution >= 0.6 is 11.3 Å². The highest BCUT2D eigenvalue weighted by molar-refractivity contribution is 7.17. The molecule has 0 aliphatic heterocycles. The second-order valence-electron chi connectivity index (χ2n) is 5.76. The molecule has 2 aromatic rings. The second kappa shape index (κ2) is 7.13. The fourth-order valence-electron chi connectivity index (χ4n) is 2.93. The van der Waals surface area contributed by atoms with Crippen molar-refractivity contribution in [2.24, 2.45) is 0 Å². The van der Waals surface area contributed by atoms with Crippen LogP contribution in [0.2, 0.25) is 0 Å². The normalized spacial score (nSPS) is 13.2. The minimum absolute atomic E-state index is 0.128. The summed E-state index contributed by atoms with van der Waals surface area (Å²) in [5.41, 5.74) is 2.22. The van der Waals surface area contributed by atoms with Crippen LogP contribution in [0.15, 0.2) is 24.3 Å². The quantitative estimate of drug-likeness (QED) is 0.858. The van der Waals surface area contributed by atoms with E-state index in [1.165, 1.54) is 30.6 Å². The van der Waals surface area contributed by atoms with Crippen LogP contribution in [-0.4, -0.2) is 19.0 Å². The number of thiophene rings is 1. The van der Waals surface area contributed by atoms with Crippen molar-refractivity contribution in [2.75, 3.05) is 12.4 Å². The summed E-state index contributed by atoms with van der Waals surface area (Å²) in [5.74, 6) is -0.977. The van der Waals surface area contributed by atoms with E-state index in [1.54, 1.807) is 12.1 Å². The molecule has 0 saturated heterocycles. The smallest absolute Gasteiger partial charge is 0.341 e. The van der Waals surface area contributed by atoms with Gasteiger partial charge in [-0.1, -0.05) is 12.1 Å². The van der Waals surface area contributed by atoms with Gasteiger partial charge < -0.3 is 10.1 Å². The molecule has 1 aliphatic rings. The van der Waals surface area contributed by atoms with Crippen molar-refractivity contribution in [3.63, 3.8) is 0 Å². The topological polar surface area (TPSA) is 55.4 Å². The summed E-state index contributed by atoms with van der Waals surface area (Å²) in [5, 5.41) is 3.39. The zero-order valence-electron chi connectivity index (χ0n) is 13.4. The van der Waals surface area contributed by atoms with Gasteiger partial charge in [0.1, 0.15) is 10.8 Å². The molecule has 1 heterocycles. The maximum absolute atomic E-state index is 12.9. The number of benzene rings is 1. The number of esters is 1. The standard InChI is InChI=1S/C18H18FNO3S/c1-23-18(22)16-13-4-2-3-5-14(13)24-17(16)20-15(21)10-11-6-8-12(19)9-7-11/h6-9H,2-5,10H2,1H3,(H,20,21). The van der Waals surface area contributed by atoms with Gasteiger partial charge in [-0.05, 0) is 48.9 Å². The molecule has 1 amide bonds. The SMILES string of the molecule is COC(=O)c1c(NC(=O)Cc2ccc(F)cc2)sc2c1CCCC2. The summed E-state index contributed by atoms with van der Waals surface area (Å²) in [7, 11) is 1.35. The van der Waals surface area contributed by atoms with E-state index in [0.717, 1.165) is 41.7 Å². The molecule has 0 spiro atoms. The molecule has 0 fully saturated rings. The third-order valence-corrected chi connectivity index (χ3v) is 5.30. The molecule has 0 radical (unpaired) electrons. The Balaban J connectivity index is 1.81. The molecule has 0 bridgehead atoms. The summed E-state index contributed by atoms with van der Waals surface area (Å²) >= 11 is 1.45. The average Bonchev–Trinajstić information content (AvgIpc) is 2.94. The van der Waals surface area contributed by atoms with Crippen LogP contribution < -0.4 is 5.32 Å². The van der Waals surface area contributed by atoms with Crippen LogP contribution in [0.4, 0.5) is 9.39 Å². The Kier molecular flexibility index (Phi) is 4.94. The van der Waals surface area contributed by atoms with Gasteiger partial charge in [0.25, 0.3) is 0 Å². The molecule has 1 aromatic heterocycles. The molecular weight excluding hydrogens is 329 g/mol. The number of aryl methyl sites for hydroxylation is 1. The maximum Gasteiger partial charge on any atom is 0.341 e. The first kappa shape index (κ1) is 16.6. The Morgan fingerprint density at radius 2 is 1.92 bits per heavy atom. The van der Waals surface area contributed by atoms with Crippen LogP contribution in [0.25, 0.3) is 0 Å². The molecule has 0 unspecified atom stereocenters. The van der Waals surface area contributed by atoms with Crippen molar-refractivity contribution < 1.29 is 18.7 Å². The van der Waals surface area contributed by atoms with Crippen molar-refractivity contribution in [1.82, 2.24) is 0 Å². The van der Waals surface area contributed by atoms with E-state index in [0.29, 0.717) is 10.6 Å². The molecule has 6 heteroatoms. The third-order valence-electron chi connectivity index (χ3n) is 4.09. The van der Waals surface area contributed by atoms with Gasteiger partial charge in [-0.3, -0.25) is 4.79 Å². The molecule has 1 aromatic carbocycles. The van der Waals surface area contributed by atoms with Gasteiger partial charge in [-0.25, -0.2) is 9.18 Å². The number of carbonyl (C=O) groups is 2. The highest BCUT2D eigenvalue weighted by atomic mass is 32.1. The lowest BCUT2D eigenvalue weighted by atomic mass is 9.95. The van der Waals surface area contributed by atoms with Crippen molar-refractivity contribution in [2.45, 2.75) is 32.1 Å². The Hall–Kier alpha value is -2.21. The summed E-state index contributed by atoms with van der Waals surface area (Å²) < 4.78 is 17.8.